The number of nitrogens with zero attached hydrogens (tertiary/aromatic N) is 2. The van der Waals surface area contributed by atoms with E-state index in [1.165, 1.54) is 10.5 Å². The summed E-state index contributed by atoms with van der Waals surface area (Å²) in [4.78, 5) is 4.07. The fourth-order valence-corrected chi connectivity index (χ4v) is 3.03. The number of nitrogens with one attached hydrogen (secondary N) is 1. The lowest BCUT2D eigenvalue weighted by molar-refractivity contribution is 0.458. The summed E-state index contributed by atoms with van der Waals surface area (Å²) >= 11 is 3.21. The molecule has 1 heterocycles. The van der Waals surface area contributed by atoms with Gasteiger partial charge in [0.2, 0.25) is 10.0 Å². The van der Waals surface area contributed by atoms with Gasteiger partial charge in [-0.2, -0.15) is 0 Å². The number of hydrogen-bond acceptors (Lipinski definition) is 4. The molecule has 7 heteroatoms. The molecule has 0 spiro atoms. The Labute approximate surface area is 110 Å². The molecule has 0 aliphatic heterocycles. The summed E-state index contributed by atoms with van der Waals surface area (Å²) in [6.45, 7) is 1.27. The number of hydrogen-bond donors (Lipinski definition) is 1. The maximum Gasteiger partial charge on any atom is 0.244 e. The molecule has 0 saturated heterocycles. The second-order valence-electron chi connectivity index (χ2n) is 3.62. The van der Waals surface area contributed by atoms with Crippen molar-refractivity contribution in [2.75, 3.05) is 27.2 Å². The second kappa shape index (κ2) is 6.44. The van der Waals surface area contributed by atoms with Gasteiger partial charge in [-0.3, -0.25) is 4.98 Å². The van der Waals surface area contributed by atoms with E-state index in [2.05, 4.69) is 26.2 Å². The highest BCUT2D eigenvalue weighted by Gasteiger charge is 2.20. The largest absolute Gasteiger partial charge is 0.320 e. The van der Waals surface area contributed by atoms with Crippen molar-refractivity contribution in [2.24, 2.45) is 0 Å². The van der Waals surface area contributed by atoms with Crippen LogP contribution in [-0.4, -0.2) is 44.9 Å². The van der Waals surface area contributed by atoms with Gasteiger partial charge in [0, 0.05) is 30.5 Å². The fraction of sp³-hybridized carbons (Fsp3) is 0.500. The van der Waals surface area contributed by atoms with E-state index in [1.54, 1.807) is 19.3 Å². The molecule has 0 radical (unpaired) electrons. The van der Waals surface area contributed by atoms with Crippen LogP contribution in [0.2, 0.25) is 0 Å². The Morgan fingerprint density at radius 2 is 2.18 bits per heavy atom. The number of sulfonamides is 1. The van der Waals surface area contributed by atoms with Gasteiger partial charge >= 0.3 is 0 Å². The van der Waals surface area contributed by atoms with Crippen LogP contribution >= 0.6 is 15.9 Å². The van der Waals surface area contributed by atoms with Gasteiger partial charge < -0.3 is 5.32 Å². The van der Waals surface area contributed by atoms with Gasteiger partial charge in [-0.25, -0.2) is 12.7 Å². The highest BCUT2D eigenvalue weighted by molar-refractivity contribution is 9.10. The third-order valence-electron chi connectivity index (χ3n) is 2.29. The first kappa shape index (κ1) is 14.6. The van der Waals surface area contributed by atoms with Crippen LogP contribution in [0, 0.1) is 0 Å². The van der Waals surface area contributed by atoms with Crippen LogP contribution in [-0.2, 0) is 10.0 Å². The van der Waals surface area contributed by atoms with Crippen LogP contribution in [0.15, 0.2) is 27.8 Å². The van der Waals surface area contributed by atoms with E-state index < -0.39 is 10.0 Å². The van der Waals surface area contributed by atoms with E-state index in [-0.39, 0.29) is 4.90 Å². The highest BCUT2D eigenvalue weighted by Crippen LogP contribution is 2.17. The predicted octanol–water partition coefficient (Wildman–Crippen LogP) is 1.07. The molecule has 1 aromatic rings. The summed E-state index contributed by atoms with van der Waals surface area (Å²) < 4.78 is 26.2. The minimum Gasteiger partial charge on any atom is -0.320 e. The smallest absolute Gasteiger partial charge is 0.244 e. The third kappa shape index (κ3) is 4.02. The Kier molecular flexibility index (Phi) is 5.51. The van der Waals surface area contributed by atoms with Crippen molar-refractivity contribution in [2.45, 2.75) is 11.3 Å². The van der Waals surface area contributed by atoms with Gasteiger partial charge in [0.25, 0.3) is 0 Å². The van der Waals surface area contributed by atoms with Gasteiger partial charge in [0.05, 0.1) is 0 Å². The lowest BCUT2D eigenvalue weighted by Crippen LogP contribution is -2.29. The van der Waals surface area contributed by atoms with Gasteiger partial charge in [-0.1, -0.05) is 0 Å². The summed E-state index contributed by atoms with van der Waals surface area (Å²) in [6.07, 6.45) is 3.68. The van der Waals surface area contributed by atoms with Crippen LogP contribution in [0.25, 0.3) is 0 Å². The van der Waals surface area contributed by atoms with Crippen molar-refractivity contribution in [3.63, 3.8) is 0 Å². The maximum atomic E-state index is 12.1. The summed E-state index contributed by atoms with van der Waals surface area (Å²) in [5, 5.41) is 2.98. The highest BCUT2D eigenvalue weighted by atomic mass is 79.9. The Bertz CT molecular complexity index is 464. The van der Waals surface area contributed by atoms with Crippen LogP contribution < -0.4 is 5.32 Å². The van der Waals surface area contributed by atoms with Crippen molar-refractivity contribution in [1.82, 2.24) is 14.6 Å². The lowest BCUT2D eigenvalue weighted by atomic mass is 10.4. The van der Waals surface area contributed by atoms with Gasteiger partial charge in [0.15, 0.2) is 0 Å². The molecule has 0 unspecified atom stereocenters. The van der Waals surface area contributed by atoms with Crippen molar-refractivity contribution >= 4 is 26.0 Å². The molecule has 0 amide bonds. The molecule has 1 N–H and O–H groups in total. The van der Waals surface area contributed by atoms with E-state index in [9.17, 15) is 8.42 Å². The summed E-state index contributed by atoms with van der Waals surface area (Å²) in [5.41, 5.74) is 0. The Hall–Kier alpha value is -0.500. The summed E-state index contributed by atoms with van der Waals surface area (Å²) in [6, 6.07) is 1.55. The summed E-state index contributed by atoms with van der Waals surface area (Å²) in [5.74, 6) is 0. The standard InChI is InChI=1S/C10H16BrN3O2S/c1-12-4-3-5-14(2)17(15,16)10-6-9(11)7-13-8-10/h6-8,12H,3-5H2,1-2H3. The molecule has 96 valence electrons. The zero-order chi connectivity index (χ0) is 12.9. The molecule has 0 saturated carbocycles. The van der Waals surface area contributed by atoms with Crippen molar-refractivity contribution in [3.8, 4) is 0 Å². The predicted molar refractivity (Wildman–Crippen MR) is 70.3 cm³/mol. The fourth-order valence-electron chi connectivity index (χ4n) is 1.31. The monoisotopic (exact) mass is 321 g/mol. The molecule has 0 atom stereocenters. The number of aromatic nitrogens is 1. The zero-order valence-electron chi connectivity index (χ0n) is 9.85. The Morgan fingerprint density at radius 1 is 1.47 bits per heavy atom. The van der Waals surface area contributed by atoms with Crippen LogP contribution in [0.1, 0.15) is 6.42 Å². The lowest BCUT2D eigenvalue weighted by Gasteiger charge is -2.16. The van der Waals surface area contributed by atoms with Crippen LogP contribution in [0.3, 0.4) is 0 Å². The first-order chi connectivity index (χ1) is 7.98. The summed E-state index contributed by atoms with van der Waals surface area (Å²) in [7, 11) is -0.0136. The van der Waals surface area contributed by atoms with Crippen LogP contribution in [0.5, 0.6) is 0 Å². The SMILES string of the molecule is CNCCCN(C)S(=O)(=O)c1cncc(Br)c1. The van der Waals surface area contributed by atoms with Crippen molar-refractivity contribution in [3.05, 3.63) is 22.9 Å². The first-order valence-electron chi connectivity index (χ1n) is 5.20. The van der Waals surface area contributed by atoms with E-state index in [4.69, 9.17) is 0 Å². The van der Waals surface area contributed by atoms with Gasteiger partial charge in [-0.15, -0.1) is 0 Å². The van der Waals surface area contributed by atoms with E-state index in [1.807, 2.05) is 7.05 Å². The molecule has 5 nitrogen and oxygen atoms in total. The van der Waals surface area contributed by atoms with Crippen molar-refractivity contribution in [1.29, 1.82) is 0 Å². The number of pyridine rings is 1. The molecule has 0 bridgehead atoms. The molecule has 17 heavy (non-hydrogen) atoms. The number of rotatable bonds is 6. The Balaban J connectivity index is 2.80. The molecular formula is C10H16BrN3O2S. The van der Waals surface area contributed by atoms with Crippen molar-refractivity contribution < 1.29 is 8.42 Å². The van der Waals surface area contributed by atoms with Gasteiger partial charge in [0.1, 0.15) is 4.90 Å². The minimum absolute atomic E-state index is 0.207. The quantitative estimate of drug-likeness (QED) is 0.796. The first-order valence-corrected chi connectivity index (χ1v) is 7.43. The van der Waals surface area contributed by atoms with E-state index in [0.717, 1.165) is 13.0 Å². The van der Waals surface area contributed by atoms with Gasteiger partial charge in [-0.05, 0) is 42.0 Å². The molecule has 1 rings (SSSR count). The zero-order valence-corrected chi connectivity index (χ0v) is 12.3. The number of halogens is 1. The molecule has 0 fully saturated rings. The molecular weight excluding hydrogens is 306 g/mol. The molecule has 1 aromatic heterocycles. The van der Waals surface area contributed by atoms with E-state index in [0.29, 0.717) is 11.0 Å². The van der Waals surface area contributed by atoms with Crippen LogP contribution in [0.4, 0.5) is 0 Å². The molecule has 0 aromatic carbocycles. The average Bonchev–Trinajstić information content (AvgIpc) is 2.29. The third-order valence-corrected chi connectivity index (χ3v) is 4.54. The van der Waals surface area contributed by atoms with E-state index >= 15 is 0 Å². The second-order valence-corrected chi connectivity index (χ2v) is 6.58. The molecule has 0 aliphatic carbocycles. The Morgan fingerprint density at radius 3 is 2.76 bits per heavy atom. The maximum absolute atomic E-state index is 12.1. The molecule has 0 aliphatic rings. The topological polar surface area (TPSA) is 62.3 Å². The average molecular weight is 322 g/mol. The normalized spacial score (nSPS) is 12.0. The minimum atomic E-state index is -3.43.